The molecule has 0 saturated carbocycles. The van der Waals surface area contributed by atoms with Crippen LogP contribution in [-0.2, 0) is 6.42 Å². The minimum atomic E-state index is 0.896. The first kappa shape index (κ1) is 13.0. The van der Waals surface area contributed by atoms with E-state index in [4.69, 9.17) is 4.74 Å². The number of fused-ring (bicyclic) bond motifs is 1. The molecule has 98 valence electrons. The Bertz CT molecular complexity index is 504. The molecule has 0 amide bonds. The van der Waals surface area contributed by atoms with E-state index >= 15 is 0 Å². The van der Waals surface area contributed by atoms with E-state index in [1.165, 1.54) is 24.0 Å². The Kier molecular flexibility index (Phi) is 4.26. The Morgan fingerprint density at radius 3 is 2.78 bits per heavy atom. The Morgan fingerprint density at radius 2 is 2.06 bits per heavy atom. The van der Waals surface area contributed by atoms with Gasteiger partial charge in [-0.2, -0.15) is 0 Å². The SMILES string of the molecule is CCCN(C)CCc1ccn2cc(OC)ccc12. The topological polar surface area (TPSA) is 16.9 Å². The summed E-state index contributed by atoms with van der Waals surface area (Å²) >= 11 is 0. The zero-order chi connectivity index (χ0) is 13.0. The van der Waals surface area contributed by atoms with Gasteiger partial charge in [-0.1, -0.05) is 6.92 Å². The molecule has 0 spiro atoms. The fraction of sp³-hybridized carbons (Fsp3) is 0.467. The average Bonchev–Trinajstić information content (AvgIpc) is 2.78. The number of hydrogen-bond acceptors (Lipinski definition) is 2. The summed E-state index contributed by atoms with van der Waals surface area (Å²) in [6, 6.07) is 6.36. The van der Waals surface area contributed by atoms with Crippen LogP contribution in [0.15, 0.2) is 30.6 Å². The number of ether oxygens (including phenoxy) is 1. The summed E-state index contributed by atoms with van der Waals surface area (Å²) in [6.07, 6.45) is 6.44. The Hall–Kier alpha value is -1.48. The van der Waals surface area contributed by atoms with E-state index in [9.17, 15) is 0 Å². The lowest BCUT2D eigenvalue weighted by Crippen LogP contribution is -2.21. The lowest BCUT2D eigenvalue weighted by atomic mass is 10.2. The maximum Gasteiger partial charge on any atom is 0.135 e. The summed E-state index contributed by atoms with van der Waals surface area (Å²) in [4.78, 5) is 2.38. The van der Waals surface area contributed by atoms with Crippen LogP contribution in [0.5, 0.6) is 5.75 Å². The fourth-order valence-electron chi connectivity index (χ4n) is 2.29. The first-order valence-corrected chi connectivity index (χ1v) is 6.56. The van der Waals surface area contributed by atoms with E-state index in [0.29, 0.717) is 0 Å². The number of aromatic nitrogens is 1. The molecule has 2 heterocycles. The van der Waals surface area contributed by atoms with Gasteiger partial charge in [-0.25, -0.2) is 0 Å². The maximum absolute atomic E-state index is 5.23. The third-order valence-corrected chi connectivity index (χ3v) is 3.32. The first-order valence-electron chi connectivity index (χ1n) is 6.56. The summed E-state index contributed by atoms with van der Waals surface area (Å²) < 4.78 is 7.37. The molecule has 2 rings (SSSR count). The van der Waals surface area contributed by atoms with Crippen LogP contribution < -0.4 is 4.74 Å². The zero-order valence-corrected chi connectivity index (χ0v) is 11.5. The molecule has 3 heteroatoms. The van der Waals surface area contributed by atoms with Crippen molar-refractivity contribution in [1.82, 2.24) is 9.30 Å². The van der Waals surface area contributed by atoms with Crippen LogP contribution in [0.4, 0.5) is 0 Å². The minimum absolute atomic E-state index is 0.896. The van der Waals surface area contributed by atoms with Crippen molar-refractivity contribution in [3.63, 3.8) is 0 Å². The van der Waals surface area contributed by atoms with Gasteiger partial charge < -0.3 is 14.0 Å². The van der Waals surface area contributed by atoms with Gasteiger partial charge in [0.15, 0.2) is 0 Å². The molecule has 0 atom stereocenters. The predicted molar refractivity (Wildman–Crippen MR) is 75.4 cm³/mol. The van der Waals surface area contributed by atoms with Gasteiger partial charge in [-0.3, -0.25) is 0 Å². The number of nitrogens with zero attached hydrogens (tertiary/aromatic N) is 2. The monoisotopic (exact) mass is 246 g/mol. The molecular weight excluding hydrogens is 224 g/mol. The molecule has 2 aromatic heterocycles. The summed E-state index contributed by atoms with van der Waals surface area (Å²) in [7, 11) is 3.89. The van der Waals surface area contributed by atoms with Crippen molar-refractivity contribution < 1.29 is 4.74 Å². The van der Waals surface area contributed by atoms with Crippen molar-refractivity contribution in [1.29, 1.82) is 0 Å². The maximum atomic E-state index is 5.23. The van der Waals surface area contributed by atoms with Gasteiger partial charge in [0.25, 0.3) is 0 Å². The molecule has 3 nitrogen and oxygen atoms in total. The van der Waals surface area contributed by atoms with Crippen molar-refractivity contribution in [3.05, 3.63) is 36.2 Å². The molecule has 0 aliphatic heterocycles. The second-order valence-corrected chi connectivity index (χ2v) is 4.76. The van der Waals surface area contributed by atoms with Crippen LogP contribution in [0.3, 0.4) is 0 Å². The highest BCUT2D eigenvalue weighted by Crippen LogP contribution is 2.18. The summed E-state index contributed by atoms with van der Waals surface area (Å²) in [5.41, 5.74) is 2.68. The molecule has 0 aromatic carbocycles. The molecule has 0 unspecified atom stereocenters. The van der Waals surface area contributed by atoms with E-state index in [1.54, 1.807) is 7.11 Å². The second kappa shape index (κ2) is 5.91. The number of hydrogen-bond donors (Lipinski definition) is 0. The van der Waals surface area contributed by atoms with Crippen molar-refractivity contribution in [3.8, 4) is 5.75 Å². The second-order valence-electron chi connectivity index (χ2n) is 4.76. The molecule has 0 saturated heterocycles. The molecule has 0 N–H and O–H groups in total. The summed E-state index contributed by atoms with van der Waals surface area (Å²) in [5.74, 6) is 0.896. The molecule has 18 heavy (non-hydrogen) atoms. The van der Waals surface area contributed by atoms with Crippen LogP contribution in [0.25, 0.3) is 5.52 Å². The van der Waals surface area contributed by atoms with Crippen LogP contribution in [0.1, 0.15) is 18.9 Å². The van der Waals surface area contributed by atoms with E-state index in [1.807, 2.05) is 12.3 Å². The van der Waals surface area contributed by atoms with Crippen LogP contribution in [0.2, 0.25) is 0 Å². The molecule has 0 fully saturated rings. The van der Waals surface area contributed by atoms with Crippen LogP contribution >= 0.6 is 0 Å². The van der Waals surface area contributed by atoms with Crippen molar-refractivity contribution >= 4 is 5.52 Å². The molecule has 0 radical (unpaired) electrons. The largest absolute Gasteiger partial charge is 0.495 e. The Labute approximate surface area is 109 Å². The minimum Gasteiger partial charge on any atom is -0.495 e. The van der Waals surface area contributed by atoms with E-state index in [0.717, 1.165) is 18.7 Å². The number of methoxy groups -OCH3 is 1. The van der Waals surface area contributed by atoms with Crippen LogP contribution in [0, 0.1) is 0 Å². The zero-order valence-electron chi connectivity index (χ0n) is 11.5. The number of pyridine rings is 1. The standard InChI is InChI=1S/C15H22N2O/c1-4-9-16(2)10-7-13-8-11-17-12-14(18-3)5-6-15(13)17/h5-6,8,11-12H,4,7,9-10H2,1-3H3. The van der Waals surface area contributed by atoms with Crippen molar-refractivity contribution in [2.45, 2.75) is 19.8 Å². The molecule has 0 bridgehead atoms. The van der Waals surface area contributed by atoms with Gasteiger partial charge in [-0.05, 0) is 50.2 Å². The molecule has 0 aliphatic rings. The van der Waals surface area contributed by atoms with Gasteiger partial charge in [0.05, 0.1) is 13.3 Å². The first-order chi connectivity index (χ1) is 8.74. The van der Waals surface area contributed by atoms with Crippen molar-refractivity contribution in [2.75, 3.05) is 27.2 Å². The smallest absolute Gasteiger partial charge is 0.135 e. The normalized spacial score (nSPS) is 11.3. The van der Waals surface area contributed by atoms with E-state index in [2.05, 4.69) is 41.6 Å². The van der Waals surface area contributed by atoms with Gasteiger partial charge in [0.2, 0.25) is 0 Å². The Balaban J connectivity index is 2.09. The summed E-state index contributed by atoms with van der Waals surface area (Å²) in [5, 5.41) is 0. The van der Waals surface area contributed by atoms with E-state index in [-0.39, 0.29) is 0 Å². The fourth-order valence-corrected chi connectivity index (χ4v) is 2.29. The predicted octanol–water partition coefficient (Wildman–Crippen LogP) is 2.83. The van der Waals surface area contributed by atoms with Gasteiger partial charge in [0, 0.05) is 18.3 Å². The van der Waals surface area contributed by atoms with Crippen LogP contribution in [-0.4, -0.2) is 36.5 Å². The summed E-state index contributed by atoms with van der Waals surface area (Å²) in [6.45, 7) is 4.50. The highest BCUT2D eigenvalue weighted by molar-refractivity contribution is 5.57. The third-order valence-electron chi connectivity index (χ3n) is 3.32. The van der Waals surface area contributed by atoms with Gasteiger partial charge in [-0.15, -0.1) is 0 Å². The molecular formula is C15H22N2O. The molecule has 0 aliphatic carbocycles. The number of rotatable bonds is 6. The highest BCUT2D eigenvalue weighted by atomic mass is 16.5. The quantitative estimate of drug-likeness (QED) is 0.779. The van der Waals surface area contributed by atoms with Crippen molar-refractivity contribution in [2.24, 2.45) is 0 Å². The van der Waals surface area contributed by atoms with Gasteiger partial charge in [0.1, 0.15) is 5.75 Å². The Morgan fingerprint density at radius 1 is 1.22 bits per heavy atom. The average molecular weight is 246 g/mol. The lowest BCUT2D eigenvalue weighted by Gasteiger charge is -2.14. The van der Waals surface area contributed by atoms with E-state index < -0.39 is 0 Å². The third kappa shape index (κ3) is 2.85. The molecule has 2 aromatic rings. The number of likely N-dealkylation sites (N-methyl/N-ethyl adjacent to an activating group) is 1. The van der Waals surface area contributed by atoms with Gasteiger partial charge >= 0.3 is 0 Å². The highest BCUT2D eigenvalue weighted by Gasteiger charge is 2.05. The lowest BCUT2D eigenvalue weighted by molar-refractivity contribution is 0.339.